The molecule has 1 amide bonds. The lowest BCUT2D eigenvalue weighted by Crippen LogP contribution is -2.21. The minimum atomic E-state index is -1.54. The number of carboxylic acid groups (broad SMARTS) is 1. The first-order valence-corrected chi connectivity index (χ1v) is 6.25. The van der Waals surface area contributed by atoms with Crippen LogP contribution in [0.25, 0.3) is 0 Å². The van der Waals surface area contributed by atoms with Crippen molar-refractivity contribution in [3.05, 3.63) is 65.2 Å². The number of benzene rings is 2. The lowest BCUT2D eigenvalue weighted by Gasteiger charge is -2.01. The van der Waals surface area contributed by atoms with E-state index in [4.69, 9.17) is 10.4 Å². The first-order valence-electron chi connectivity index (χ1n) is 6.25. The monoisotopic (exact) mass is 290 g/mol. The van der Waals surface area contributed by atoms with Crippen LogP contribution < -0.4 is 5.32 Å². The molecule has 0 aromatic heterocycles. The van der Waals surface area contributed by atoms with Crippen LogP contribution in [0.1, 0.15) is 16.7 Å². The molecule has 5 heteroatoms. The summed E-state index contributed by atoms with van der Waals surface area (Å²) in [7, 11) is 0. The highest BCUT2D eigenvalue weighted by Crippen LogP contribution is 2.09. The van der Waals surface area contributed by atoms with Gasteiger partial charge in [0.2, 0.25) is 0 Å². The Kier molecular flexibility index (Phi) is 4.54. The highest BCUT2D eigenvalue weighted by molar-refractivity contribution is 6.36. The molecule has 0 saturated carbocycles. The maximum atomic E-state index is 11.0. The van der Waals surface area contributed by atoms with Gasteiger partial charge in [-0.2, -0.15) is 5.26 Å². The molecule has 0 atom stereocenters. The normalized spacial score (nSPS) is 9.05. The molecule has 2 rings (SSSR count). The zero-order chi connectivity index (χ0) is 15.9. The largest absolute Gasteiger partial charge is 0.474 e. The Morgan fingerprint density at radius 1 is 0.864 bits per heavy atom. The lowest BCUT2D eigenvalue weighted by molar-refractivity contribution is -0.147. The molecule has 5 nitrogen and oxygen atoms in total. The predicted molar refractivity (Wildman–Crippen MR) is 79.8 cm³/mol. The number of nitriles is 1. The summed E-state index contributed by atoms with van der Waals surface area (Å²) in [6, 6.07) is 15.4. The topological polar surface area (TPSA) is 90.2 Å². The number of nitrogens with zero attached hydrogens (tertiary/aromatic N) is 1. The quantitative estimate of drug-likeness (QED) is 0.620. The van der Waals surface area contributed by atoms with Crippen molar-refractivity contribution in [1.82, 2.24) is 0 Å². The minimum absolute atomic E-state index is 0.385. The molecule has 0 radical (unpaired) electrons. The molecule has 2 aromatic rings. The van der Waals surface area contributed by atoms with E-state index in [1.807, 2.05) is 6.07 Å². The first-order chi connectivity index (χ1) is 10.6. The van der Waals surface area contributed by atoms with E-state index in [1.54, 1.807) is 48.5 Å². The van der Waals surface area contributed by atoms with Crippen LogP contribution in [0.3, 0.4) is 0 Å². The van der Waals surface area contributed by atoms with Gasteiger partial charge in [0.15, 0.2) is 0 Å². The molecule has 0 saturated heterocycles. The van der Waals surface area contributed by atoms with Gasteiger partial charge in [-0.05, 0) is 48.5 Å². The Morgan fingerprint density at radius 3 is 1.77 bits per heavy atom. The Labute approximate surface area is 126 Å². The second-order valence-corrected chi connectivity index (χ2v) is 4.28. The fourth-order valence-corrected chi connectivity index (χ4v) is 1.59. The second-order valence-electron chi connectivity index (χ2n) is 4.28. The van der Waals surface area contributed by atoms with Gasteiger partial charge in [-0.3, -0.25) is 4.79 Å². The van der Waals surface area contributed by atoms with Crippen LogP contribution in [0, 0.1) is 23.2 Å². The molecule has 0 heterocycles. The van der Waals surface area contributed by atoms with E-state index in [0.717, 1.165) is 11.1 Å². The minimum Gasteiger partial charge on any atom is -0.474 e. The van der Waals surface area contributed by atoms with Crippen LogP contribution in [-0.2, 0) is 9.59 Å². The average Bonchev–Trinajstić information content (AvgIpc) is 2.54. The SMILES string of the molecule is N#Cc1ccc(C#Cc2ccc(NC(=O)C(=O)O)cc2)cc1. The van der Waals surface area contributed by atoms with Crippen LogP contribution in [-0.4, -0.2) is 17.0 Å². The van der Waals surface area contributed by atoms with Crippen molar-refractivity contribution >= 4 is 17.6 Å². The van der Waals surface area contributed by atoms with Gasteiger partial charge in [0, 0.05) is 16.8 Å². The van der Waals surface area contributed by atoms with Crippen molar-refractivity contribution in [2.45, 2.75) is 0 Å². The smallest absolute Gasteiger partial charge is 0.394 e. The zero-order valence-corrected chi connectivity index (χ0v) is 11.3. The van der Waals surface area contributed by atoms with E-state index in [1.165, 1.54) is 0 Å². The number of carbonyl (C=O) groups is 2. The average molecular weight is 290 g/mol. The molecule has 0 bridgehead atoms. The number of carboxylic acids is 1. The summed E-state index contributed by atoms with van der Waals surface area (Å²) >= 11 is 0. The van der Waals surface area contributed by atoms with Crippen molar-refractivity contribution < 1.29 is 14.7 Å². The Morgan fingerprint density at radius 2 is 1.32 bits per heavy atom. The van der Waals surface area contributed by atoms with Gasteiger partial charge in [0.25, 0.3) is 0 Å². The predicted octanol–water partition coefficient (Wildman–Crippen LogP) is 1.98. The van der Waals surface area contributed by atoms with E-state index in [0.29, 0.717) is 11.3 Å². The van der Waals surface area contributed by atoms with E-state index >= 15 is 0 Å². The van der Waals surface area contributed by atoms with Gasteiger partial charge in [-0.1, -0.05) is 11.8 Å². The Bertz CT molecular complexity index is 804. The summed E-state index contributed by atoms with van der Waals surface area (Å²) in [5.74, 6) is 3.27. The van der Waals surface area contributed by atoms with Crippen molar-refractivity contribution in [1.29, 1.82) is 5.26 Å². The molecular weight excluding hydrogens is 280 g/mol. The second kappa shape index (κ2) is 6.74. The molecule has 0 aliphatic rings. The first kappa shape index (κ1) is 14.8. The van der Waals surface area contributed by atoms with Gasteiger partial charge >= 0.3 is 11.9 Å². The van der Waals surface area contributed by atoms with Crippen LogP contribution in [0.5, 0.6) is 0 Å². The maximum Gasteiger partial charge on any atom is 0.394 e. The van der Waals surface area contributed by atoms with Crippen molar-refractivity contribution in [2.24, 2.45) is 0 Å². The van der Waals surface area contributed by atoms with Gasteiger partial charge in [0.05, 0.1) is 11.6 Å². The standard InChI is InChI=1S/C17H10N2O3/c18-11-14-5-3-12(4-6-14)1-2-13-7-9-15(10-8-13)19-16(20)17(21)22/h3-10H,(H,19,20)(H,21,22). The summed E-state index contributed by atoms with van der Waals surface area (Å²) < 4.78 is 0. The molecule has 22 heavy (non-hydrogen) atoms. The molecule has 0 fully saturated rings. The van der Waals surface area contributed by atoms with Gasteiger partial charge in [-0.25, -0.2) is 4.79 Å². The number of amides is 1. The number of carbonyl (C=O) groups excluding carboxylic acids is 1. The van der Waals surface area contributed by atoms with Gasteiger partial charge in [-0.15, -0.1) is 0 Å². The van der Waals surface area contributed by atoms with E-state index in [9.17, 15) is 9.59 Å². The van der Waals surface area contributed by atoms with Crippen molar-refractivity contribution in [3.8, 4) is 17.9 Å². The summed E-state index contributed by atoms with van der Waals surface area (Å²) in [5.41, 5.74) is 2.46. The number of hydrogen-bond acceptors (Lipinski definition) is 3. The summed E-state index contributed by atoms with van der Waals surface area (Å²) in [4.78, 5) is 21.4. The number of anilines is 1. The van der Waals surface area contributed by atoms with Crippen molar-refractivity contribution in [2.75, 3.05) is 5.32 Å². The summed E-state index contributed by atoms with van der Waals surface area (Å²) in [5, 5.41) is 19.4. The fraction of sp³-hybridized carbons (Fsp3) is 0. The van der Waals surface area contributed by atoms with Crippen LogP contribution in [0.15, 0.2) is 48.5 Å². The van der Waals surface area contributed by atoms with E-state index in [2.05, 4.69) is 17.2 Å². The molecule has 0 aliphatic heterocycles. The number of nitrogens with one attached hydrogen (secondary N) is 1. The van der Waals surface area contributed by atoms with Crippen LogP contribution in [0.4, 0.5) is 5.69 Å². The number of rotatable bonds is 1. The molecule has 2 N–H and O–H groups in total. The number of hydrogen-bond donors (Lipinski definition) is 2. The van der Waals surface area contributed by atoms with Gasteiger partial charge in [0.1, 0.15) is 0 Å². The summed E-state index contributed by atoms with van der Waals surface area (Å²) in [6.45, 7) is 0. The lowest BCUT2D eigenvalue weighted by atomic mass is 10.1. The summed E-state index contributed by atoms with van der Waals surface area (Å²) in [6.07, 6.45) is 0. The highest BCUT2D eigenvalue weighted by atomic mass is 16.4. The molecular formula is C17H10N2O3. The number of aliphatic carboxylic acids is 1. The molecule has 0 aliphatic carbocycles. The zero-order valence-electron chi connectivity index (χ0n) is 11.3. The van der Waals surface area contributed by atoms with E-state index < -0.39 is 11.9 Å². The molecule has 0 spiro atoms. The fourth-order valence-electron chi connectivity index (χ4n) is 1.59. The Hall–Kier alpha value is -3.57. The Balaban J connectivity index is 2.08. The third kappa shape index (κ3) is 3.96. The highest BCUT2D eigenvalue weighted by Gasteiger charge is 2.10. The van der Waals surface area contributed by atoms with Crippen LogP contribution in [0.2, 0.25) is 0 Å². The molecule has 106 valence electrons. The van der Waals surface area contributed by atoms with Crippen molar-refractivity contribution in [3.63, 3.8) is 0 Å². The third-order valence-corrected chi connectivity index (χ3v) is 2.70. The van der Waals surface area contributed by atoms with E-state index in [-0.39, 0.29) is 0 Å². The van der Waals surface area contributed by atoms with Crippen LogP contribution >= 0.6 is 0 Å². The van der Waals surface area contributed by atoms with Gasteiger partial charge < -0.3 is 10.4 Å². The maximum absolute atomic E-state index is 11.0. The third-order valence-electron chi connectivity index (χ3n) is 2.70. The molecule has 2 aromatic carbocycles. The molecule has 0 unspecified atom stereocenters.